The van der Waals surface area contributed by atoms with Crippen LogP contribution < -0.4 is 5.32 Å². The molecule has 0 saturated carbocycles. The second-order valence-corrected chi connectivity index (χ2v) is 10.2. The van der Waals surface area contributed by atoms with E-state index in [0.29, 0.717) is 17.2 Å². The predicted molar refractivity (Wildman–Crippen MR) is 119 cm³/mol. The van der Waals surface area contributed by atoms with Crippen molar-refractivity contribution < 1.29 is 9.18 Å². The molecule has 6 nitrogen and oxygen atoms in total. The molecule has 0 saturated heterocycles. The van der Waals surface area contributed by atoms with Crippen LogP contribution in [0.4, 0.5) is 10.2 Å². The van der Waals surface area contributed by atoms with E-state index in [4.69, 9.17) is 5.10 Å². The Balaban J connectivity index is 1.74. The summed E-state index contributed by atoms with van der Waals surface area (Å²) >= 11 is 0. The number of carbonyl (C=O) groups excluding carboxylic acids is 1. The number of hydrogen-bond acceptors (Lipinski definition) is 3. The van der Waals surface area contributed by atoms with Gasteiger partial charge in [0.15, 0.2) is 5.69 Å². The number of fused-ring (bicyclic) bond motifs is 1. The van der Waals surface area contributed by atoms with Crippen molar-refractivity contribution in [1.29, 1.82) is 0 Å². The highest BCUT2D eigenvalue weighted by Crippen LogP contribution is 2.31. The van der Waals surface area contributed by atoms with E-state index in [0.717, 1.165) is 36.2 Å². The highest BCUT2D eigenvalue weighted by atomic mass is 19.1. The minimum atomic E-state index is -0.354. The molecular formula is C24H30FN5O. The monoisotopic (exact) mass is 423 g/mol. The summed E-state index contributed by atoms with van der Waals surface area (Å²) in [6, 6.07) is 8.45. The smallest absolute Gasteiger partial charge is 0.277 e. The van der Waals surface area contributed by atoms with Gasteiger partial charge < -0.3 is 5.32 Å². The van der Waals surface area contributed by atoms with E-state index < -0.39 is 0 Å². The molecule has 31 heavy (non-hydrogen) atoms. The third-order valence-corrected chi connectivity index (χ3v) is 5.58. The molecule has 164 valence electrons. The van der Waals surface area contributed by atoms with Gasteiger partial charge in [0, 0.05) is 22.7 Å². The first kappa shape index (κ1) is 21.3. The average molecular weight is 424 g/mol. The molecule has 4 rings (SSSR count). The molecule has 0 atom stereocenters. The summed E-state index contributed by atoms with van der Waals surface area (Å²) in [6.45, 7) is 12.4. The van der Waals surface area contributed by atoms with Crippen LogP contribution in [0.5, 0.6) is 0 Å². The first-order chi connectivity index (χ1) is 14.5. The van der Waals surface area contributed by atoms with Gasteiger partial charge in [-0.1, -0.05) is 32.9 Å². The molecule has 1 aliphatic rings. The zero-order valence-corrected chi connectivity index (χ0v) is 19.1. The van der Waals surface area contributed by atoms with E-state index in [1.165, 1.54) is 6.07 Å². The molecule has 0 radical (unpaired) electrons. The van der Waals surface area contributed by atoms with Gasteiger partial charge in [-0.15, -0.1) is 0 Å². The number of para-hydroxylation sites is 1. The fraction of sp³-hybridized carbons (Fsp3) is 0.458. The minimum absolute atomic E-state index is 0.149. The summed E-state index contributed by atoms with van der Waals surface area (Å²) in [7, 11) is 0. The minimum Gasteiger partial charge on any atom is -0.305 e. The Hall–Kier alpha value is -2.96. The van der Waals surface area contributed by atoms with Crippen molar-refractivity contribution in [1.82, 2.24) is 19.6 Å². The van der Waals surface area contributed by atoms with E-state index in [-0.39, 0.29) is 22.7 Å². The summed E-state index contributed by atoms with van der Waals surface area (Å²) < 4.78 is 17.9. The summed E-state index contributed by atoms with van der Waals surface area (Å²) in [6.07, 6.45) is 2.46. The molecule has 1 N–H and O–H groups in total. The number of aromatic nitrogens is 4. The normalized spacial score (nSPS) is 14.0. The van der Waals surface area contributed by atoms with Gasteiger partial charge >= 0.3 is 0 Å². The lowest BCUT2D eigenvalue weighted by Crippen LogP contribution is -2.27. The number of hydrogen-bond donors (Lipinski definition) is 1. The van der Waals surface area contributed by atoms with Crippen LogP contribution in [0, 0.1) is 5.82 Å². The maximum absolute atomic E-state index is 14.4. The van der Waals surface area contributed by atoms with Crippen molar-refractivity contribution in [3.63, 3.8) is 0 Å². The van der Waals surface area contributed by atoms with Crippen LogP contribution in [0.3, 0.4) is 0 Å². The maximum Gasteiger partial charge on any atom is 0.277 e. The molecule has 0 bridgehead atoms. The van der Waals surface area contributed by atoms with Gasteiger partial charge in [0.1, 0.15) is 17.3 Å². The molecule has 3 aromatic rings. The lowest BCUT2D eigenvalue weighted by atomic mass is 9.92. The zero-order valence-electron chi connectivity index (χ0n) is 19.1. The number of benzene rings is 1. The van der Waals surface area contributed by atoms with Crippen molar-refractivity contribution in [3.05, 3.63) is 58.8 Å². The van der Waals surface area contributed by atoms with E-state index >= 15 is 0 Å². The summed E-state index contributed by atoms with van der Waals surface area (Å²) in [5, 5.41) is 12.3. The van der Waals surface area contributed by atoms with E-state index in [2.05, 4.69) is 31.2 Å². The predicted octanol–water partition coefficient (Wildman–Crippen LogP) is 5.00. The first-order valence-corrected chi connectivity index (χ1v) is 10.7. The van der Waals surface area contributed by atoms with Crippen molar-refractivity contribution in [2.75, 3.05) is 5.32 Å². The number of rotatable bonds is 3. The number of nitrogens with zero attached hydrogens (tertiary/aromatic N) is 4. The van der Waals surface area contributed by atoms with Gasteiger partial charge in [-0.25, -0.2) is 13.8 Å². The number of nitrogens with one attached hydrogen (secondary N) is 1. The first-order valence-electron chi connectivity index (χ1n) is 10.7. The molecule has 1 amide bonds. The van der Waals surface area contributed by atoms with Crippen molar-refractivity contribution in [2.45, 2.75) is 71.8 Å². The van der Waals surface area contributed by atoms with Crippen LogP contribution in [0.1, 0.15) is 75.4 Å². The van der Waals surface area contributed by atoms with Gasteiger partial charge in [0.2, 0.25) is 0 Å². The molecule has 2 aromatic heterocycles. The van der Waals surface area contributed by atoms with Gasteiger partial charge in [-0.2, -0.15) is 10.2 Å². The quantitative estimate of drug-likeness (QED) is 0.645. The van der Waals surface area contributed by atoms with E-state index in [1.807, 2.05) is 31.5 Å². The molecular weight excluding hydrogens is 393 g/mol. The fourth-order valence-corrected chi connectivity index (χ4v) is 3.97. The lowest BCUT2D eigenvalue weighted by molar-refractivity contribution is 0.101. The second kappa shape index (κ2) is 7.32. The van der Waals surface area contributed by atoms with Gasteiger partial charge in [0.25, 0.3) is 5.91 Å². The zero-order chi connectivity index (χ0) is 22.6. The van der Waals surface area contributed by atoms with Crippen LogP contribution in [0.2, 0.25) is 0 Å². The van der Waals surface area contributed by atoms with Crippen LogP contribution in [0.25, 0.3) is 5.69 Å². The highest BCUT2D eigenvalue weighted by Gasteiger charge is 2.30. The van der Waals surface area contributed by atoms with E-state index in [9.17, 15) is 9.18 Å². The number of carbonyl (C=O) groups is 1. The van der Waals surface area contributed by atoms with Crippen molar-refractivity contribution >= 4 is 11.7 Å². The standard InChI is InChI=1S/C24H30FN5O/c1-23(2,3)19-14-20(30(27-19)24(4,5)6)26-22(31)21-15-10-9-13-17(15)29(28-21)18-12-8-7-11-16(18)25/h7-8,11-12,14H,9-10,13H2,1-6H3,(H,26,31). The summed E-state index contributed by atoms with van der Waals surface area (Å²) in [5.74, 6) is -0.0130. The molecule has 1 aliphatic carbocycles. The Kier molecular flexibility index (Phi) is 5.03. The molecule has 0 spiro atoms. The Labute approximate surface area is 182 Å². The van der Waals surface area contributed by atoms with E-state index in [1.54, 1.807) is 22.9 Å². The molecule has 0 fully saturated rings. The molecule has 1 aromatic carbocycles. The van der Waals surface area contributed by atoms with Crippen LogP contribution in [0.15, 0.2) is 30.3 Å². The molecule has 2 heterocycles. The van der Waals surface area contributed by atoms with Crippen LogP contribution >= 0.6 is 0 Å². The maximum atomic E-state index is 14.4. The summed E-state index contributed by atoms with van der Waals surface area (Å²) in [5.41, 5.74) is 2.99. The highest BCUT2D eigenvalue weighted by molar-refractivity contribution is 6.03. The Morgan fingerprint density at radius 2 is 1.77 bits per heavy atom. The van der Waals surface area contributed by atoms with Crippen molar-refractivity contribution in [3.8, 4) is 5.69 Å². The van der Waals surface area contributed by atoms with Crippen LogP contribution in [-0.2, 0) is 23.8 Å². The average Bonchev–Trinajstić information content (AvgIpc) is 3.35. The molecule has 0 aliphatic heterocycles. The number of anilines is 1. The number of halogens is 1. The summed E-state index contributed by atoms with van der Waals surface area (Å²) in [4.78, 5) is 13.3. The second-order valence-electron chi connectivity index (χ2n) is 10.2. The molecule has 7 heteroatoms. The fourth-order valence-electron chi connectivity index (χ4n) is 3.97. The largest absolute Gasteiger partial charge is 0.305 e. The third-order valence-electron chi connectivity index (χ3n) is 5.58. The lowest BCUT2D eigenvalue weighted by Gasteiger charge is -2.23. The third kappa shape index (κ3) is 3.89. The molecule has 0 unspecified atom stereocenters. The SMILES string of the molecule is CC(C)(C)c1cc(NC(=O)c2nn(-c3ccccc3F)c3c2CCC3)n(C(C)(C)C)n1. The van der Waals surface area contributed by atoms with Gasteiger partial charge in [-0.3, -0.25) is 4.79 Å². The van der Waals surface area contributed by atoms with Gasteiger partial charge in [0.05, 0.1) is 11.2 Å². The Morgan fingerprint density at radius 1 is 1.06 bits per heavy atom. The van der Waals surface area contributed by atoms with Crippen LogP contribution in [-0.4, -0.2) is 25.5 Å². The Bertz CT molecular complexity index is 1140. The Morgan fingerprint density at radius 3 is 2.42 bits per heavy atom. The topological polar surface area (TPSA) is 64.7 Å². The van der Waals surface area contributed by atoms with Gasteiger partial charge in [-0.05, 0) is 52.2 Å². The number of amides is 1. The van der Waals surface area contributed by atoms with Crippen molar-refractivity contribution in [2.24, 2.45) is 0 Å².